The van der Waals surface area contributed by atoms with E-state index in [4.69, 9.17) is 4.74 Å². The molecule has 5 heteroatoms. The highest BCUT2D eigenvalue weighted by molar-refractivity contribution is 8.00. The maximum atomic E-state index is 13.0. The minimum absolute atomic E-state index is 0.208. The number of carbonyl (C=O) groups is 1. The van der Waals surface area contributed by atoms with Crippen LogP contribution in [0, 0.1) is 13.8 Å². The zero-order chi connectivity index (χ0) is 15.0. The molecule has 0 aromatic carbocycles. The molecule has 2 atom stereocenters. The molecule has 0 saturated carbocycles. The van der Waals surface area contributed by atoms with Crippen LogP contribution in [-0.4, -0.2) is 52.2 Å². The molecule has 0 bridgehead atoms. The van der Waals surface area contributed by atoms with E-state index < -0.39 is 0 Å². The molecule has 1 aromatic rings. The van der Waals surface area contributed by atoms with Crippen LogP contribution >= 0.6 is 11.8 Å². The van der Waals surface area contributed by atoms with E-state index in [0.717, 1.165) is 49.7 Å². The molecule has 0 N–H and O–H groups in total. The van der Waals surface area contributed by atoms with E-state index in [9.17, 15) is 4.79 Å². The summed E-state index contributed by atoms with van der Waals surface area (Å²) in [5.41, 5.74) is 3.15. The number of fused-ring (bicyclic) bond motifs is 1. The van der Waals surface area contributed by atoms with Gasteiger partial charge >= 0.3 is 0 Å². The Morgan fingerprint density at radius 3 is 3.00 bits per heavy atom. The molecule has 116 valence electrons. The molecular formula is C16H24N2O2S. The molecule has 4 nitrogen and oxygen atoms in total. The fourth-order valence-corrected chi connectivity index (χ4v) is 4.90. The van der Waals surface area contributed by atoms with Gasteiger partial charge in [-0.25, -0.2) is 0 Å². The van der Waals surface area contributed by atoms with Gasteiger partial charge in [0.05, 0.1) is 12.2 Å². The number of thioether (sulfide) groups is 1. The van der Waals surface area contributed by atoms with Crippen molar-refractivity contribution >= 4 is 17.7 Å². The molecule has 3 heterocycles. The van der Waals surface area contributed by atoms with Gasteiger partial charge in [-0.05, 0) is 33.3 Å². The van der Waals surface area contributed by atoms with Crippen molar-refractivity contribution in [1.29, 1.82) is 0 Å². The molecule has 21 heavy (non-hydrogen) atoms. The van der Waals surface area contributed by atoms with Gasteiger partial charge in [-0.2, -0.15) is 11.8 Å². The lowest BCUT2D eigenvalue weighted by Gasteiger charge is -2.43. The van der Waals surface area contributed by atoms with Gasteiger partial charge in [-0.15, -0.1) is 0 Å². The van der Waals surface area contributed by atoms with Crippen molar-refractivity contribution in [3.05, 3.63) is 23.0 Å². The molecular weight excluding hydrogens is 284 g/mol. The summed E-state index contributed by atoms with van der Waals surface area (Å²) in [7, 11) is 0. The molecule has 0 radical (unpaired) electrons. The van der Waals surface area contributed by atoms with Crippen molar-refractivity contribution in [2.24, 2.45) is 0 Å². The molecule has 2 aliphatic heterocycles. The number of aromatic nitrogens is 1. The summed E-state index contributed by atoms with van der Waals surface area (Å²) < 4.78 is 7.79. The number of carbonyl (C=O) groups excluding carboxylic acids is 1. The quantitative estimate of drug-likeness (QED) is 0.842. The average molecular weight is 308 g/mol. The van der Waals surface area contributed by atoms with Crippen molar-refractivity contribution < 1.29 is 9.53 Å². The third-order valence-electron chi connectivity index (χ3n) is 4.71. The lowest BCUT2D eigenvalue weighted by atomic mass is 10.0. The summed E-state index contributed by atoms with van der Waals surface area (Å²) in [6, 6.07) is 2.40. The third kappa shape index (κ3) is 2.61. The van der Waals surface area contributed by atoms with Crippen LogP contribution in [0.15, 0.2) is 6.07 Å². The van der Waals surface area contributed by atoms with Gasteiger partial charge < -0.3 is 14.2 Å². The number of ether oxygens (including phenoxy) is 1. The van der Waals surface area contributed by atoms with E-state index in [1.807, 2.05) is 11.8 Å². The fraction of sp³-hybridized carbons (Fsp3) is 0.688. The Morgan fingerprint density at radius 2 is 2.29 bits per heavy atom. The summed E-state index contributed by atoms with van der Waals surface area (Å²) in [5.74, 6) is 1.22. The molecule has 2 aliphatic rings. The summed E-state index contributed by atoms with van der Waals surface area (Å²) in [6.45, 7) is 9.61. The minimum atomic E-state index is 0.208. The first-order valence-electron chi connectivity index (χ1n) is 7.80. The normalized spacial score (nSPS) is 25.8. The Bertz CT molecular complexity index is 539. The molecule has 2 fully saturated rings. The highest BCUT2D eigenvalue weighted by Gasteiger charge is 2.37. The van der Waals surface area contributed by atoms with E-state index in [-0.39, 0.29) is 5.91 Å². The zero-order valence-corrected chi connectivity index (χ0v) is 13.9. The first-order chi connectivity index (χ1) is 10.1. The highest BCUT2D eigenvalue weighted by atomic mass is 32.2. The van der Waals surface area contributed by atoms with Gasteiger partial charge in [0.2, 0.25) is 0 Å². The van der Waals surface area contributed by atoms with Crippen LogP contribution in [0.1, 0.15) is 35.1 Å². The van der Waals surface area contributed by atoms with Crippen molar-refractivity contribution in [2.75, 3.05) is 25.5 Å². The highest BCUT2D eigenvalue weighted by Crippen LogP contribution is 2.31. The standard InChI is InChI=1S/C16H24N2O2S/c1-4-17-11(2)9-13(12(17)3)16(19)18-6-8-21-15-10-20-7-5-14(15)18/h9,14-15H,4-8,10H2,1-3H3/t14-,15+/m1/s1. The molecule has 0 spiro atoms. The maximum absolute atomic E-state index is 13.0. The molecule has 3 rings (SSSR count). The molecule has 0 unspecified atom stereocenters. The van der Waals surface area contributed by atoms with Crippen molar-refractivity contribution in [3.63, 3.8) is 0 Å². The Hall–Kier alpha value is -0.940. The van der Waals surface area contributed by atoms with Gasteiger partial charge in [0.25, 0.3) is 5.91 Å². The largest absolute Gasteiger partial charge is 0.380 e. The van der Waals surface area contributed by atoms with E-state index >= 15 is 0 Å². The topological polar surface area (TPSA) is 34.5 Å². The third-order valence-corrected chi connectivity index (χ3v) is 6.01. The first kappa shape index (κ1) is 15.0. The number of amides is 1. The molecule has 1 aromatic heterocycles. The van der Waals surface area contributed by atoms with Crippen molar-refractivity contribution in [3.8, 4) is 0 Å². The second kappa shape index (κ2) is 6.05. The molecule has 2 saturated heterocycles. The molecule has 1 amide bonds. The monoisotopic (exact) mass is 308 g/mol. The van der Waals surface area contributed by atoms with Crippen LogP contribution in [-0.2, 0) is 11.3 Å². The minimum Gasteiger partial charge on any atom is -0.380 e. The smallest absolute Gasteiger partial charge is 0.255 e. The van der Waals surface area contributed by atoms with Crippen LogP contribution in [0.2, 0.25) is 0 Å². The number of aryl methyl sites for hydroxylation is 1. The average Bonchev–Trinajstić information content (AvgIpc) is 2.80. The lowest BCUT2D eigenvalue weighted by molar-refractivity contribution is 0.0318. The van der Waals surface area contributed by atoms with Crippen LogP contribution in [0.4, 0.5) is 0 Å². The van der Waals surface area contributed by atoms with Gasteiger partial charge in [-0.3, -0.25) is 4.79 Å². The Balaban J connectivity index is 1.87. The van der Waals surface area contributed by atoms with Crippen molar-refractivity contribution in [2.45, 2.75) is 45.0 Å². The van der Waals surface area contributed by atoms with Gasteiger partial charge in [0.1, 0.15) is 0 Å². The van der Waals surface area contributed by atoms with E-state index in [1.165, 1.54) is 5.69 Å². The number of nitrogens with zero attached hydrogens (tertiary/aromatic N) is 2. The van der Waals surface area contributed by atoms with Crippen LogP contribution in [0.5, 0.6) is 0 Å². The maximum Gasteiger partial charge on any atom is 0.255 e. The SMILES string of the molecule is CCn1c(C)cc(C(=O)N2CCS[C@H]3COCC[C@H]32)c1C. The lowest BCUT2D eigenvalue weighted by Crippen LogP contribution is -2.54. The Morgan fingerprint density at radius 1 is 1.48 bits per heavy atom. The zero-order valence-electron chi connectivity index (χ0n) is 13.1. The predicted octanol–water partition coefficient (Wildman–Crippen LogP) is 2.47. The van der Waals surface area contributed by atoms with E-state index in [0.29, 0.717) is 11.3 Å². The van der Waals surface area contributed by atoms with Gasteiger partial charge in [0.15, 0.2) is 0 Å². The Labute approximate surface area is 130 Å². The number of hydrogen-bond acceptors (Lipinski definition) is 3. The summed E-state index contributed by atoms with van der Waals surface area (Å²) in [6.07, 6.45) is 0.968. The second-order valence-electron chi connectivity index (χ2n) is 5.87. The molecule has 0 aliphatic carbocycles. The number of rotatable bonds is 2. The summed E-state index contributed by atoms with van der Waals surface area (Å²) in [4.78, 5) is 15.1. The van der Waals surface area contributed by atoms with Gasteiger partial charge in [-0.1, -0.05) is 0 Å². The van der Waals surface area contributed by atoms with Crippen LogP contribution in [0.3, 0.4) is 0 Å². The van der Waals surface area contributed by atoms with Crippen LogP contribution < -0.4 is 0 Å². The summed E-state index contributed by atoms with van der Waals surface area (Å²) in [5, 5.41) is 0.450. The summed E-state index contributed by atoms with van der Waals surface area (Å²) >= 11 is 1.96. The van der Waals surface area contributed by atoms with Crippen LogP contribution in [0.25, 0.3) is 0 Å². The van der Waals surface area contributed by atoms with E-state index in [1.54, 1.807) is 0 Å². The fourth-order valence-electron chi connectivity index (χ4n) is 3.60. The van der Waals surface area contributed by atoms with Gasteiger partial charge in [0, 0.05) is 48.1 Å². The predicted molar refractivity (Wildman–Crippen MR) is 86.1 cm³/mol. The van der Waals surface area contributed by atoms with E-state index in [2.05, 4.69) is 36.3 Å². The second-order valence-corrected chi connectivity index (χ2v) is 7.21. The Kier molecular flexibility index (Phi) is 4.31. The van der Waals surface area contributed by atoms with Crippen molar-refractivity contribution in [1.82, 2.24) is 9.47 Å². The first-order valence-corrected chi connectivity index (χ1v) is 8.85. The number of hydrogen-bond donors (Lipinski definition) is 0.